The van der Waals surface area contributed by atoms with Crippen molar-refractivity contribution in [2.45, 2.75) is 45.7 Å². The van der Waals surface area contributed by atoms with Crippen LogP contribution in [0.1, 0.15) is 47.7 Å². The number of nitrogens with zero attached hydrogens (tertiary/aromatic N) is 4. The van der Waals surface area contributed by atoms with Crippen molar-refractivity contribution >= 4 is 5.91 Å². The summed E-state index contributed by atoms with van der Waals surface area (Å²) in [5.74, 6) is 1.48. The first-order valence-electron chi connectivity index (χ1n) is 8.60. The highest BCUT2D eigenvalue weighted by Crippen LogP contribution is 2.26. The van der Waals surface area contributed by atoms with E-state index in [0.717, 1.165) is 44.1 Å². The maximum absolute atomic E-state index is 12.3. The highest BCUT2D eigenvalue weighted by atomic mass is 16.5. The molecule has 1 fully saturated rings. The highest BCUT2D eigenvalue weighted by Gasteiger charge is 2.21. The molecule has 24 heavy (non-hydrogen) atoms. The molecule has 0 bridgehead atoms. The zero-order valence-electron chi connectivity index (χ0n) is 14.4. The van der Waals surface area contributed by atoms with Crippen molar-refractivity contribution in [1.29, 1.82) is 0 Å². The molecule has 1 aliphatic rings. The molecule has 1 saturated heterocycles. The molecule has 3 heterocycles. The summed E-state index contributed by atoms with van der Waals surface area (Å²) in [5.41, 5.74) is 1.73. The number of nitrogens with one attached hydrogen (secondary N) is 1. The van der Waals surface area contributed by atoms with Gasteiger partial charge >= 0.3 is 0 Å². The predicted octanol–water partition coefficient (Wildman–Crippen LogP) is 1.73. The Morgan fingerprint density at radius 2 is 2.21 bits per heavy atom. The molecule has 3 rings (SSSR count). The van der Waals surface area contributed by atoms with Gasteiger partial charge in [-0.3, -0.25) is 9.48 Å². The summed E-state index contributed by atoms with van der Waals surface area (Å²) in [6.07, 6.45) is 5.59. The van der Waals surface area contributed by atoms with Crippen molar-refractivity contribution in [3.8, 4) is 0 Å². The molecule has 0 spiro atoms. The normalized spacial score (nSPS) is 15.6. The summed E-state index contributed by atoms with van der Waals surface area (Å²) < 4.78 is 9.36. The van der Waals surface area contributed by atoms with Crippen LogP contribution in [0.25, 0.3) is 0 Å². The topological polar surface area (TPSA) is 74.0 Å². The van der Waals surface area contributed by atoms with E-state index in [1.165, 1.54) is 0 Å². The summed E-state index contributed by atoms with van der Waals surface area (Å²) in [6, 6.07) is 1.74. The van der Waals surface area contributed by atoms with Gasteiger partial charge in [0.05, 0.1) is 0 Å². The second kappa shape index (κ2) is 7.61. The van der Waals surface area contributed by atoms with Crippen molar-refractivity contribution in [3.05, 3.63) is 35.7 Å². The molecule has 0 atom stereocenters. The molecule has 0 unspecified atom stereocenters. The number of carbonyl (C=O) groups excluding carboxylic acids is 1. The largest absolute Gasteiger partial charge is 0.381 e. The second-order valence-electron chi connectivity index (χ2n) is 6.08. The Labute approximate surface area is 142 Å². The summed E-state index contributed by atoms with van der Waals surface area (Å²) in [5, 5.41) is 7.11. The van der Waals surface area contributed by atoms with Crippen LogP contribution in [-0.4, -0.2) is 45.0 Å². The van der Waals surface area contributed by atoms with Gasteiger partial charge < -0.3 is 14.6 Å². The van der Waals surface area contributed by atoms with Gasteiger partial charge in [-0.1, -0.05) is 0 Å². The van der Waals surface area contributed by atoms with E-state index in [1.807, 2.05) is 13.1 Å². The zero-order valence-corrected chi connectivity index (χ0v) is 14.4. The molecular formula is C17H25N5O2. The van der Waals surface area contributed by atoms with Crippen molar-refractivity contribution in [1.82, 2.24) is 24.6 Å². The fourth-order valence-electron chi connectivity index (χ4n) is 3.20. The molecule has 1 N–H and O–H groups in total. The van der Waals surface area contributed by atoms with Gasteiger partial charge in [0.1, 0.15) is 11.5 Å². The van der Waals surface area contributed by atoms with Gasteiger partial charge in [0, 0.05) is 56.9 Å². The Kier molecular flexibility index (Phi) is 5.30. The molecule has 1 amide bonds. The molecule has 1 aliphatic heterocycles. The van der Waals surface area contributed by atoms with Crippen LogP contribution in [-0.2, 0) is 17.8 Å². The van der Waals surface area contributed by atoms with Gasteiger partial charge in [-0.25, -0.2) is 4.98 Å². The Bertz CT molecular complexity index is 685. The van der Waals surface area contributed by atoms with Gasteiger partial charge in [0.15, 0.2) is 0 Å². The summed E-state index contributed by atoms with van der Waals surface area (Å²) in [4.78, 5) is 16.9. The van der Waals surface area contributed by atoms with E-state index >= 15 is 0 Å². The van der Waals surface area contributed by atoms with E-state index in [9.17, 15) is 4.79 Å². The van der Waals surface area contributed by atoms with Crippen molar-refractivity contribution < 1.29 is 9.53 Å². The minimum atomic E-state index is -0.0836. The number of carbonyl (C=O) groups is 1. The minimum Gasteiger partial charge on any atom is -0.381 e. The molecule has 0 aromatic carbocycles. The van der Waals surface area contributed by atoms with Crippen LogP contribution in [0, 0.1) is 6.92 Å². The molecule has 7 nitrogen and oxygen atoms in total. The third kappa shape index (κ3) is 3.51. The van der Waals surface area contributed by atoms with Gasteiger partial charge in [-0.2, -0.15) is 5.10 Å². The number of imidazole rings is 1. The van der Waals surface area contributed by atoms with E-state index in [4.69, 9.17) is 4.74 Å². The summed E-state index contributed by atoms with van der Waals surface area (Å²) >= 11 is 0. The van der Waals surface area contributed by atoms with E-state index in [0.29, 0.717) is 24.7 Å². The average molecular weight is 331 g/mol. The van der Waals surface area contributed by atoms with Gasteiger partial charge in [-0.05, 0) is 32.8 Å². The lowest BCUT2D eigenvalue weighted by Gasteiger charge is -2.23. The van der Waals surface area contributed by atoms with E-state index in [1.54, 1.807) is 16.9 Å². The maximum atomic E-state index is 12.3. The summed E-state index contributed by atoms with van der Waals surface area (Å²) in [7, 11) is 0. The first-order chi connectivity index (χ1) is 11.7. The van der Waals surface area contributed by atoms with Crippen LogP contribution in [0.3, 0.4) is 0 Å². The molecular weight excluding hydrogens is 306 g/mol. The fraction of sp³-hybridized carbons (Fsp3) is 0.588. The number of hydrogen-bond acceptors (Lipinski definition) is 4. The van der Waals surface area contributed by atoms with Crippen LogP contribution in [0.4, 0.5) is 0 Å². The number of ether oxygens (including phenoxy) is 1. The molecule has 0 saturated carbocycles. The van der Waals surface area contributed by atoms with Crippen LogP contribution in [0.5, 0.6) is 0 Å². The van der Waals surface area contributed by atoms with Gasteiger partial charge in [0.2, 0.25) is 0 Å². The Morgan fingerprint density at radius 3 is 2.96 bits per heavy atom. The van der Waals surface area contributed by atoms with Gasteiger partial charge in [-0.15, -0.1) is 0 Å². The monoisotopic (exact) mass is 331 g/mol. The van der Waals surface area contributed by atoms with E-state index in [2.05, 4.69) is 26.9 Å². The molecule has 0 aliphatic carbocycles. The average Bonchev–Trinajstić information content (AvgIpc) is 3.22. The smallest absolute Gasteiger partial charge is 0.269 e. The standard InChI is InChI=1S/C17H25N5O2/c1-3-22-15(4-7-20-22)17(23)18-8-9-21-13(2)12-19-16(21)14-5-10-24-11-6-14/h4,7,12,14H,3,5-6,8-11H2,1-2H3,(H,18,23). The molecule has 2 aromatic heterocycles. The lowest BCUT2D eigenvalue weighted by molar-refractivity contribution is 0.0827. The Morgan fingerprint density at radius 1 is 1.42 bits per heavy atom. The second-order valence-corrected chi connectivity index (χ2v) is 6.08. The number of hydrogen-bond donors (Lipinski definition) is 1. The lowest BCUT2D eigenvalue weighted by Crippen LogP contribution is -2.30. The number of amides is 1. The van der Waals surface area contributed by atoms with Crippen LogP contribution >= 0.6 is 0 Å². The maximum Gasteiger partial charge on any atom is 0.269 e. The van der Waals surface area contributed by atoms with Crippen LogP contribution in [0.2, 0.25) is 0 Å². The van der Waals surface area contributed by atoms with E-state index < -0.39 is 0 Å². The molecule has 0 radical (unpaired) electrons. The molecule has 2 aromatic rings. The van der Waals surface area contributed by atoms with Crippen molar-refractivity contribution in [2.24, 2.45) is 0 Å². The van der Waals surface area contributed by atoms with Crippen molar-refractivity contribution in [2.75, 3.05) is 19.8 Å². The summed E-state index contributed by atoms with van der Waals surface area (Å²) in [6.45, 7) is 7.61. The number of aromatic nitrogens is 4. The quantitative estimate of drug-likeness (QED) is 0.875. The number of rotatable bonds is 6. The first kappa shape index (κ1) is 16.7. The fourth-order valence-corrected chi connectivity index (χ4v) is 3.20. The molecule has 7 heteroatoms. The lowest BCUT2D eigenvalue weighted by atomic mass is 9.99. The number of aryl methyl sites for hydroxylation is 2. The third-order valence-electron chi connectivity index (χ3n) is 4.54. The predicted molar refractivity (Wildman–Crippen MR) is 90.0 cm³/mol. The van der Waals surface area contributed by atoms with Gasteiger partial charge in [0.25, 0.3) is 5.91 Å². The van der Waals surface area contributed by atoms with Crippen LogP contribution < -0.4 is 5.32 Å². The third-order valence-corrected chi connectivity index (χ3v) is 4.54. The Hall–Kier alpha value is -2.15. The van der Waals surface area contributed by atoms with Crippen LogP contribution in [0.15, 0.2) is 18.5 Å². The Balaban J connectivity index is 1.60. The molecule has 130 valence electrons. The van der Waals surface area contributed by atoms with Crippen molar-refractivity contribution in [3.63, 3.8) is 0 Å². The first-order valence-corrected chi connectivity index (χ1v) is 8.60. The van der Waals surface area contributed by atoms with E-state index in [-0.39, 0.29) is 5.91 Å². The zero-order chi connectivity index (χ0) is 16.9. The SMILES string of the molecule is CCn1nccc1C(=O)NCCn1c(C)cnc1C1CCOCC1. The highest BCUT2D eigenvalue weighted by molar-refractivity contribution is 5.92. The minimum absolute atomic E-state index is 0.0836.